The third kappa shape index (κ3) is 4.97. The second-order valence-corrected chi connectivity index (χ2v) is 6.03. The Kier molecular flexibility index (Phi) is 6.62. The molecule has 0 spiro atoms. The zero-order valence-corrected chi connectivity index (χ0v) is 14.1. The summed E-state index contributed by atoms with van der Waals surface area (Å²) in [7, 11) is 0. The van der Waals surface area contributed by atoms with E-state index in [1.54, 1.807) is 0 Å². The molecule has 0 saturated heterocycles. The monoisotopic (exact) mass is 360 g/mol. The first kappa shape index (κ1) is 16.7. The number of hydrogen-bond acceptors (Lipinski definition) is 2. The van der Waals surface area contributed by atoms with E-state index in [4.69, 9.17) is 5.73 Å². The van der Waals surface area contributed by atoms with Crippen LogP contribution in [0.5, 0.6) is 0 Å². The average Bonchev–Trinajstić information content (AvgIpc) is 2.54. The molecule has 116 valence electrons. The van der Waals surface area contributed by atoms with Gasteiger partial charge in [0, 0.05) is 24.1 Å². The molecule has 2 N–H and O–H groups in total. The SMILES string of the molecule is NCCN(CCc1ccccc1)C(=O)Cc1ccccc1Br. The fourth-order valence-corrected chi connectivity index (χ4v) is 2.77. The molecule has 0 aliphatic carbocycles. The van der Waals surface area contributed by atoms with Gasteiger partial charge in [0.05, 0.1) is 6.42 Å². The van der Waals surface area contributed by atoms with Crippen molar-refractivity contribution in [2.24, 2.45) is 5.73 Å². The molecule has 0 aliphatic rings. The maximum absolute atomic E-state index is 12.5. The van der Waals surface area contributed by atoms with Crippen molar-refractivity contribution >= 4 is 21.8 Å². The largest absolute Gasteiger partial charge is 0.341 e. The molecule has 0 atom stereocenters. The quantitative estimate of drug-likeness (QED) is 0.824. The van der Waals surface area contributed by atoms with Crippen molar-refractivity contribution in [1.82, 2.24) is 4.90 Å². The van der Waals surface area contributed by atoms with E-state index in [1.165, 1.54) is 5.56 Å². The predicted molar refractivity (Wildman–Crippen MR) is 93.6 cm³/mol. The van der Waals surface area contributed by atoms with E-state index >= 15 is 0 Å². The van der Waals surface area contributed by atoms with Gasteiger partial charge in [0.25, 0.3) is 0 Å². The van der Waals surface area contributed by atoms with E-state index in [9.17, 15) is 4.79 Å². The number of hydrogen-bond donors (Lipinski definition) is 1. The van der Waals surface area contributed by atoms with Crippen LogP contribution in [0, 0.1) is 0 Å². The van der Waals surface area contributed by atoms with E-state index < -0.39 is 0 Å². The molecule has 0 radical (unpaired) electrons. The third-order valence-corrected chi connectivity index (χ3v) is 4.34. The number of nitrogens with two attached hydrogens (primary N) is 1. The molecule has 0 unspecified atom stereocenters. The van der Waals surface area contributed by atoms with E-state index in [0.29, 0.717) is 26.1 Å². The number of carbonyl (C=O) groups excluding carboxylic acids is 1. The van der Waals surface area contributed by atoms with Crippen LogP contribution < -0.4 is 5.73 Å². The van der Waals surface area contributed by atoms with Crippen LogP contribution in [0.15, 0.2) is 59.1 Å². The van der Waals surface area contributed by atoms with Crippen molar-refractivity contribution in [3.63, 3.8) is 0 Å². The van der Waals surface area contributed by atoms with Gasteiger partial charge in [-0.1, -0.05) is 64.5 Å². The van der Waals surface area contributed by atoms with Gasteiger partial charge in [0.1, 0.15) is 0 Å². The molecule has 4 heteroatoms. The topological polar surface area (TPSA) is 46.3 Å². The summed E-state index contributed by atoms with van der Waals surface area (Å²) in [5.74, 6) is 0.119. The van der Waals surface area contributed by atoms with E-state index in [2.05, 4.69) is 28.1 Å². The molecule has 0 bridgehead atoms. The number of carbonyl (C=O) groups is 1. The number of halogens is 1. The van der Waals surface area contributed by atoms with Crippen LogP contribution in [0.25, 0.3) is 0 Å². The van der Waals surface area contributed by atoms with Crippen molar-refractivity contribution in [3.05, 3.63) is 70.2 Å². The molecule has 0 saturated carbocycles. The summed E-state index contributed by atoms with van der Waals surface area (Å²) in [5, 5.41) is 0. The minimum atomic E-state index is 0.119. The lowest BCUT2D eigenvalue weighted by Crippen LogP contribution is -2.37. The zero-order valence-electron chi connectivity index (χ0n) is 12.5. The van der Waals surface area contributed by atoms with Crippen LogP contribution in [0.2, 0.25) is 0 Å². The molecule has 0 aromatic heterocycles. The van der Waals surface area contributed by atoms with Crippen LogP contribution in [0.3, 0.4) is 0 Å². The molecule has 0 heterocycles. The summed E-state index contributed by atoms with van der Waals surface area (Å²) in [6.07, 6.45) is 1.25. The Morgan fingerprint density at radius 1 is 1.00 bits per heavy atom. The molecule has 22 heavy (non-hydrogen) atoms. The third-order valence-electron chi connectivity index (χ3n) is 3.56. The van der Waals surface area contributed by atoms with Crippen LogP contribution in [0.4, 0.5) is 0 Å². The first-order chi connectivity index (χ1) is 10.7. The van der Waals surface area contributed by atoms with Crippen molar-refractivity contribution in [3.8, 4) is 0 Å². The molecular formula is C18H21BrN2O. The average molecular weight is 361 g/mol. The zero-order chi connectivity index (χ0) is 15.8. The smallest absolute Gasteiger partial charge is 0.227 e. The molecule has 2 aromatic rings. The minimum absolute atomic E-state index is 0.119. The van der Waals surface area contributed by atoms with Crippen LogP contribution in [-0.2, 0) is 17.6 Å². The molecular weight excluding hydrogens is 340 g/mol. The summed E-state index contributed by atoms with van der Waals surface area (Å²) in [6.45, 7) is 1.77. The van der Waals surface area contributed by atoms with Crippen LogP contribution in [-0.4, -0.2) is 30.4 Å². The van der Waals surface area contributed by atoms with Gasteiger partial charge >= 0.3 is 0 Å². The van der Waals surface area contributed by atoms with E-state index in [-0.39, 0.29) is 5.91 Å². The normalized spacial score (nSPS) is 10.5. The molecule has 0 fully saturated rings. The molecule has 2 aromatic carbocycles. The predicted octanol–water partition coefficient (Wildman–Crippen LogP) is 3.02. The number of benzene rings is 2. The molecule has 3 nitrogen and oxygen atoms in total. The van der Waals surface area contributed by atoms with Gasteiger partial charge in [-0.3, -0.25) is 4.79 Å². The Bertz CT molecular complexity index is 601. The first-order valence-corrected chi connectivity index (χ1v) is 8.25. The Hall–Kier alpha value is -1.65. The summed E-state index contributed by atoms with van der Waals surface area (Å²) < 4.78 is 0.971. The second kappa shape index (κ2) is 8.71. The van der Waals surface area contributed by atoms with Crippen molar-refractivity contribution in [2.75, 3.05) is 19.6 Å². The summed E-state index contributed by atoms with van der Waals surface area (Å²) in [4.78, 5) is 14.4. The first-order valence-electron chi connectivity index (χ1n) is 7.46. The van der Waals surface area contributed by atoms with Gasteiger partial charge in [-0.05, 0) is 23.6 Å². The van der Waals surface area contributed by atoms with Crippen LogP contribution >= 0.6 is 15.9 Å². The van der Waals surface area contributed by atoms with Gasteiger partial charge in [0.15, 0.2) is 0 Å². The summed E-state index contributed by atoms with van der Waals surface area (Å²) in [6, 6.07) is 18.0. The Labute approximate surface area is 140 Å². The fourth-order valence-electron chi connectivity index (χ4n) is 2.34. The maximum Gasteiger partial charge on any atom is 0.227 e. The van der Waals surface area contributed by atoms with Gasteiger partial charge < -0.3 is 10.6 Å². The molecule has 1 amide bonds. The van der Waals surface area contributed by atoms with Gasteiger partial charge in [0.2, 0.25) is 5.91 Å². The van der Waals surface area contributed by atoms with Crippen LogP contribution in [0.1, 0.15) is 11.1 Å². The van der Waals surface area contributed by atoms with E-state index in [0.717, 1.165) is 16.5 Å². The highest BCUT2D eigenvalue weighted by Crippen LogP contribution is 2.17. The molecule has 2 rings (SSSR count). The van der Waals surface area contributed by atoms with Gasteiger partial charge in [-0.15, -0.1) is 0 Å². The van der Waals surface area contributed by atoms with Crippen molar-refractivity contribution in [2.45, 2.75) is 12.8 Å². The number of rotatable bonds is 7. The minimum Gasteiger partial charge on any atom is -0.341 e. The highest BCUT2D eigenvalue weighted by Gasteiger charge is 2.14. The Morgan fingerprint density at radius 3 is 2.36 bits per heavy atom. The number of amides is 1. The van der Waals surface area contributed by atoms with Gasteiger partial charge in [-0.2, -0.15) is 0 Å². The Balaban J connectivity index is 1.97. The maximum atomic E-state index is 12.5. The highest BCUT2D eigenvalue weighted by atomic mass is 79.9. The summed E-state index contributed by atoms with van der Waals surface area (Å²) in [5.41, 5.74) is 7.90. The molecule has 0 aliphatic heterocycles. The lowest BCUT2D eigenvalue weighted by atomic mass is 10.1. The summed E-state index contributed by atoms with van der Waals surface area (Å²) >= 11 is 3.49. The van der Waals surface area contributed by atoms with Crippen molar-refractivity contribution < 1.29 is 4.79 Å². The lowest BCUT2D eigenvalue weighted by Gasteiger charge is -2.22. The standard InChI is InChI=1S/C18H21BrN2O/c19-17-9-5-4-8-16(17)14-18(22)21(13-11-20)12-10-15-6-2-1-3-7-15/h1-9H,10-14,20H2. The number of nitrogens with zero attached hydrogens (tertiary/aromatic N) is 1. The van der Waals surface area contributed by atoms with Crippen molar-refractivity contribution in [1.29, 1.82) is 0 Å². The highest BCUT2D eigenvalue weighted by molar-refractivity contribution is 9.10. The Morgan fingerprint density at radius 2 is 1.68 bits per heavy atom. The van der Waals surface area contributed by atoms with Gasteiger partial charge in [-0.25, -0.2) is 0 Å². The fraction of sp³-hybridized carbons (Fsp3) is 0.278. The van der Waals surface area contributed by atoms with E-state index in [1.807, 2.05) is 47.4 Å². The second-order valence-electron chi connectivity index (χ2n) is 5.17. The lowest BCUT2D eigenvalue weighted by molar-refractivity contribution is -0.130.